The average Bonchev–Trinajstić information content (AvgIpc) is 2.68. The van der Waals surface area contributed by atoms with Crippen molar-refractivity contribution in [2.75, 3.05) is 13.1 Å². The van der Waals surface area contributed by atoms with Gasteiger partial charge in [0.25, 0.3) is 0 Å². The van der Waals surface area contributed by atoms with Crippen molar-refractivity contribution in [3.05, 3.63) is 76.4 Å². The predicted octanol–water partition coefficient (Wildman–Crippen LogP) is 5.78. The van der Waals surface area contributed by atoms with Crippen molar-refractivity contribution in [1.82, 2.24) is 5.32 Å². The third kappa shape index (κ3) is 4.75. The lowest BCUT2D eigenvalue weighted by Crippen LogP contribution is -2.20. The number of benzene rings is 2. The summed E-state index contributed by atoms with van der Waals surface area (Å²) in [5.41, 5.74) is 7.93. The van der Waals surface area contributed by atoms with Gasteiger partial charge in [-0.2, -0.15) is 0 Å². The molecule has 0 saturated heterocycles. The Labute approximate surface area is 163 Å². The van der Waals surface area contributed by atoms with Crippen LogP contribution in [0.2, 0.25) is 0 Å². The summed E-state index contributed by atoms with van der Waals surface area (Å²) >= 11 is 0. The van der Waals surface area contributed by atoms with Gasteiger partial charge in [-0.25, -0.2) is 0 Å². The number of allylic oxidation sites excluding steroid dienone is 2. The molecule has 0 fully saturated rings. The van der Waals surface area contributed by atoms with Crippen LogP contribution in [0.1, 0.15) is 73.0 Å². The summed E-state index contributed by atoms with van der Waals surface area (Å²) in [6.45, 7) is 8.31. The minimum atomic E-state index is 0.125. The largest absolute Gasteiger partial charge is 0.317 e. The molecule has 3 rings (SSSR count). The van der Waals surface area contributed by atoms with Gasteiger partial charge < -0.3 is 5.32 Å². The average molecular weight is 362 g/mol. The molecule has 1 unspecified atom stereocenters. The molecule has 27 heavy (non-hydrogen) atoms. The van der Waals surface area contributed by atoms with Gasteiger partial charge in [0.15, 0.2) is 5.78 Å². The highest BCUT2D eigenvalue weighted by molar-refractivity contribution is 5.94. The summed E-state index contributed by atoms with van der Waals surface area (Å²) in [7, 11) is 0. The molecule has 1 aliphatic carbocycles. The van der Waals surface area contributed by atoms with Gasteiger partial charge >= 0.3 is 0 Å². The first kappa shape index (κ1) is 19.6. The van der Waals surface area contributed by atoms with Crippen LogP contribution < -0.4 is 5.32 Å². The van der Waals surface area contributed by atoms with E-state index in [9.17, 15) is 4.79 Å². The number of carbonyl (C=O) groups is 1. The van der Waals surface area contributed by atoms with E-state index in [0.29, 0.717) is 5.92 Å². The van der Waals surface area contributed by atoms with Crippen LogP contribution in [0.25, 0.3) is 5.57 Å². The Morgan fingerprint density at radius 1 is 1.07 bits per heavy atom. The summed E-state index contributed by atoms with van der Waals surface area (Å²) in [6.07, 6.45) is 4.45. The van der Waals surface area contributed by atoms with Crippen LogP contribution in [-0.2, 0) is 6.42 Å². The van der Waals surface area contributed by atoms with E-state index in [1.165, 1.54) is 40.7 Å². The van der Waals surface area contributed by atoms with Crippen LogP contribution in [0.15, 0.2) is 54.1 Å². The van der Waals surface area contributed by atoms with Gasteiger partial charge in [-0.3, -0.25) is 4.79 Å². The zero-order chi connectivity index (χ0) is 19.2. The molecule has 0 heterocycles. The Kier molecular flexibility index (Phi) is 6.63. The molecule has 1 aliphatic rings. The van der Waals surface area contributed by atoms with E-state index in [1.807, 2.05) is 12.1 Å². The van der Waals surface area contributed by atoms with Gasteiger partial charge in [0.05, 0.1) is 0 Å². The summed E-state index contributed by atoms with van der Waals surface area (Å²) in [6, 6.07) is 17.0. The van der Waals surface area contributed by atoms with Crippen LogP contribution in [0.4, 0.5) is 0 Å². The number of hydrogen-bond donors (Lipinski definition) is 1. The quantitative estimate of drug-likeness (QED) is 0.477. The van der Waals surface area contributed by atoms with Crippen molar-refractivity contribution in [3.63, 3.8) is 0 Å². The van der Waals surface area contributed by atoms with Crippen LogP contribution >= 0.6 is 0 Å². The van der Waals surface area contributed by atoms with Crippen molar-refractivity contribution in [3.8, 4) is 0 Å². The molecule has 1 atom stereocenters. The number of Topliss-reactive ketones (excluding diaryl/α,β-unsaturated/α-hetero) is 1. The van der Waals surface area contributed by atoms with Crippen molar-refractivity contribution in [2.45, 2.75) is 52.4 Å². The molecule has 0 bridgehead atoms. The Morgan fingerprint density at radius 3 is 2.52 bits per heavy atom. The third-order valence-corrected chi connectivity index (χ3v) is 5.63. The van der Waals surface area contributed by atoms with Gasteiger partial charge in [-0.1, -0.05) is 61.0 Å². The van der Waals surface area contributed by atoms with Gasteiger partial charge in [-0.05, 0) is 80.8 Å². The first-order valence-electron chi connectivity index (χ1n) is 10.2. The van der Waals surface area contributed by atoms with E-state index < -0.39 is 0 Å². The van der Waals surface area contributed by atoms with Crippen LogP contribution in [0, 0.1) is 0 Å². The first-order valence-corrected chi connectivity index (χ1v) is 10.2. The minimum absolute atomic E-state index is 0.125. The fourth-order valence-corrected chi connectivity index (χ4v) is 4.10. The standard InChI is InChI=1S/C25H31NO/c1-4-14-26-15-13-22-16-18(2)25(24-8-6-5-7-23(22)24)17-20-9-11-21(12-10-20)19(3)27/h5-12,22,26H,4,13-17H2,1-3H3. The lowest BCUT2D eigenvalue weighted by atomic mass is 9.76. The van der Waals surface area contributed by atoms with Crippen molar-refractivity contribution in [1.29, 1.82) is 0 Å². The smallest absolute Gasteiger partial charge is 0.159 e. The second-order valence-corrected chi connectivity index (χ2v) is 7.72. The van der Waals surface area contributed by atoms with E-state index in [1.54, 1.807) is 6.92 Å². The number of fused-ring (bicyclic) bond motifs is 1. The van der Waals surface area contributed by atoms with Crippen molar-refractivity contribution >= 4 is 11.4 Å². The number of rotatable bonds is 8. The highest BCUT2D eigenvalue weighted by atomic mass is 16.1. The lowest BCUT2D eigenvalue weighted by molar-refractivity contribution is 0.101. The first-order chi connectivity index (χ1) is 13.1. The zero-order valence-electron chi connectivity index (χ0n) is 16.8. The van der Waals surface area contributed by atoms with Crippen LogP contribution in [0.3, 0.4) is 0 Å². The molecular weight excluding hydrogens is 330 g/mol. The summed E-state index contributed by atoms with van der Waals surface area (Å²) in [4.78, 5) is 11.5. The summed E-state index contributed by atoms with van der Waals surface area (Å²) in [5, 5.41) is 3.55. The predicted molar refractivity (Wildman–Crippen MR) is 114 cm³/mol. The molecule has 2 aromatic carbocycles. The monoisotopic (exact) mass is 361 g/mol. The molecule has 2 aromatic rings. The molecular formula is C25H31NO. The number of ketones is 1. The van der Waals surface area contributed by atoms with Gasteiger partial charge in [0, 0.05) is 5.56 Å². The summed E-state index contributed by atoms with van der Waals surface area (Å²) in [5.74, 6) is 0.730. The Morgan fingerprint density at radius 2 is 1.81 bits per heavy atom. The number of hydrogen-bond acceptors (Lipinski definition) is 2. The van der Waals surface area contributed by atoms with Crippen molar-refractivity contribution < 1.29 is 4.79 Å². The molecule has 0 aliphatic heterocycles. The van der Waals surface area contributed by atoms with E-state index in [-0.39, 0.29) is 5.78 Å². The maximum Gasteiger partial charge on any atom is 0.159 e. The van der Waals surface area contributed by atoms with Gasteiger partial charge in [0.2, 0.25) is 0 Å². The van der Waals surface area contributed by atoms with Gasteiger partial charge in [0.1, 0.15) is 0 Å². The van der Waals surface area contributed by atoms with E-state index in [4.69, 9.17) is 0 Å². The van der Waals surface area contributed by atoms with E-state index in [2.05, 4.69) is 55.6 Å². The molecule has 1 N–H and O–H groups in total. The normalized spacial score (nSPS) is 16.3. The topological polar surface area (TPSA) is 29.1 Å². The molecule has 0 amide bonds. The molecule has 0 aromatic heterocycles. The molecule has 2 nitrogen and oxygen atoms in total. The number of nitrogens with one attached hydrogen (secondary N) is 1. The highest BCUT2D eigenvalue weighted by Crippen LogP contribution is 2.41. The second kappa shape index (κ2) is 9.14. The van der Waals surface area contributed by atoms with E-state index >= 15 is 0 Å². The van der Waals surface area contributed by atoms with E-state index in [0.717, 1.165) is 31.5 Å². The SMILES string of the molecule is CCCNCCC1CC(C)=C(Cc2ccc(C(C)=O)cc2)c2ccccc21. The Bertz CT molecular complexity index is 816. The zero-order valence-corrected chi connectivity index (χ0v) is 16.8. The fourth-order valence-electron chi connectivity index (χ4n) is 4.10. The fraction of sp³-hybridized carbons (Fsp3) is 0.400. The maximum absolute atomic E-state index is 11.5. The molecule has 0 spiro atoms. The third-order valence-electron chi connectivity index (χ3n) is 5.63. The minimum Gasteiger partial charge on any atom is -0.317 e. The number of carbonyl (C=O) groups excluding carboxylic acids is 1. The summed E-state index contributed by atoms with van der Waals surface area (Å²) < 4.78 is 0. The molecule has 0 radical (unpaired) electrons. The molecule has 0 saturated carbocycles. The Balaban J connectivity index is 1.80. The molecule has 142 valence electrons. The second-order valence-electron chi connectivity index (χ2n) is 7.72. The lowest BCUT2D eigenvalue weighted by Gasteiger charge is -2.29. The van der Waals surface area contributed by atoms with Crippen LogP contribution in [0.5, 0.6) is 0 Å². The maximum atomic E-state index is 11.5. The van der Waals surface area contributed by atoms with Crippen LogP contribution in [-0.4, -0.2) is 18.9 Å². The van der Waals surface area contributed by atoms with Gasteiger partial charge in [-0.15, -0.1) is 0 Å². The molecule has 2 heteroatoms. The highest BCUT2D eigenvalue weighted by Gasteiger charge is 2.24. The van der Waals surface area contributed by atoms with Crippen molar-refractivity contribution in [2.24, 2.45) is 0 Å². The Hall–Kier alpha value is -2.19.